The van der Waals surface area contributed by atoms with Gasteiger partial charge in [0.15, 0.2) is 11.5 Å². The SMILES string of the molecule is N[C@@H](CCF)c1cc2c(cc1[N+](=O)[O-])OCO2. The molecule has 6 nitrogen and oxygen atoms in total. The predicted octanol–water partition coefficient (Wildman–Crippen LogP) is 1.68. The number of hydrogen-bond donors (Lipinski definition) is 1. The molecule has 92 valence electrons. The van der Waals surface area contributed by atoms with Crippen LogP contribution < -0.4 is 15.2 Å². The Morgan fingerprint density at radius 3 is 2.71 bits per heavy atom. The summed E-state index contributed by atoms with van der Waals surface area (Å²) in [4.78, 5) is 10.3. The number of fused-ring (bicyclic) bond motifs is 1. The first-order valence-corrected chi connectivity index (χ1v) is 5.03. The van der Waals surface area contributed by atoms with Crippen molar-refractivity contribution in [3.05, 3.63) is 27.8 Å². The number of alkyl halides is 1. The van der Waals surface area contributed by atoms with Crippen LogP contribution in [-0.2, 0) is 0 Å². The smallest absolute Gasteiger partial charge is 0.278 e. The monoisotopic (exact) mass is 242 g/mol. The van der Waals surface area contributed by atoms with Crippen molar-refractivity contribution in [2.45, 2.75) is 12.5 Å². The minimum Gasteiger partial charge on any atom is -0.454 e. The van der Waals surface area contributed by atoms with E-state index in [1.54, 1.807) is 0 Å². The maximum absolute atomic E-state index is 12.2. The van der Waals surface area contributed by atoms with Crippen molar-refractivity contribution in [2.75, 3.05) is 13.5 Å². The van der Waals surface area contributed by atoms with Crippen LogP contribution in [0.15, 0.2) is 12.1 Å². The fourth-order valence-corrected chi connectivity index (χ4v) is 1.68. The maximum Gasteiger partial charge on any atom is 0.278 e. The summed E-state index contributed by atoms with van der Waals surface area (Å²) in [5, 5.41) is 10.9. The van der Waals surface area contributed by atoms with E-state index in [4.69, 9.17) is 15.2 Å². The first kappa shape index (κ1) is 11.6. The van der Waals surface area contributed by atoms with Gasteiger partial charge in [-0.25, -0.2) is 0 Å². The quantitative estimate of drug-likeness (QED) is 0.641. The molecule has 7 heteroatoms. The molecule has 0 aromatic heterocycles. The fraction of sp³-hybridized carbons (Fsp3) is 0.400. The lowest BCUT2D eigenvalue weighted by Crippen LogP contribution is -2.13. The zero-order chi connectivity index (χ0) is 12.4. The van der Waals surface area contributed by atoms with Gasteiger partial charge in [-0.3, -0.25) is 14.5 Å². The van der Waals surface area contributed by atoms with Crippen molar-refractivity contribution in [3.8, 4) is 11.5 Å². The topological polar surface area (TPSA) is 87.6 Å². The predicted molar refractivity (Wildman–Crippen MR) is 56.7 cm³/mol. The molecule has 1 aromatic carbocycles. The van der Waals surface area contributed by atoms with Crippen LogP contribution in [-0.4, -0.2) is 18.4 Å². The molecule has 0 fully saturated rings. The van der Waals surface area contributed by atoms with E-state index in [1.807, 2.05) is 0 Å². The first-order valence-electron chi connectivity index (χ1n) is 5.03. The number of nitro benzene ring substituents is 1. The lowest BCUT2D eigenvalue weighted by molar-refractivity contribution is -0.385. The van der Waals surface area contributed by atoms with Gasteiger partial charge in [0.25, 0.3) is 5.69 Å². The molecule has 0 amide bonds. The summed E-state index contributed by atoms with van der Waals surface area (Å²) >= 11 is 0. The van der Waals surface area contributed by atoms with Gasteiger partial charge in [-0.2, -0.15) is 0 Å². The number of hydrogen-bond acceptors (Lipinski definition) is 5. The van der Waals surface area contributed by atoms with Crippen LogP contribution in [0.5, 0.6) is 11.5 Å². The highest BCUT2D eigenvalue weighted by atomic mass is 19.1. The Labute approximate surface area is 96.3 Å². The molecule has 1 aliphatic heterocycles. The highest BCUT2D eigenvalue weighted by molar-refractivity contribution is 5.56. The molecule has 0 unspecified atom stereocenters. The van der Waals surface area contributed by atoms with Crippen LogP contribution in [0.2, 0.25) is 0 Å². The molecular formula is C10H11FN2O4. The Bertz CT molecular complexity index is 452. The van der Waals surface area contributed by atoms with Crippen LogP contribution >= 0.6 is 0 Å². The molecule has 0 aliphatic carbocycles. The third kappa shape index (κ3) is 2.14. The molecule has 0 saturated carbocycles. The van der Waals surface area contributed by atoms with E-state index in [0.29, 0.717) is 11.5 Å². The van der Waals surface area contributed by atoms with Crippen molar-refractivity contribution in [3.63, 3.8) is 0 Å². The molecule has 2 N–H and O–H groups in total. The highest BCUT2D eigenvalue weighted by Crippen LogP contribution is 2.40. The third-order valence-electron chi connectivity index (χ3n) is 2.54. The molecule has 2 rings (SSSR count). The number of halogens is 1. The molecule has 0 saturated heterocycles. The Morgan fingerprint density at radius 2 is 2.12 bits per heavy atom. The number of nitrogens with two attached hydrogens (primary N) is 1. The minimum atomic E-state index is -0.727. The van der Waals surface area contributed by atoms with Crippen molar-refractivity contribution >= 4 is 5.69 Å². The normalized spacial score (nSPS) is 14.7. The van der Waals surface area contributed by atoms with Gasteiger partial charge in [0.2, 0.25) is 6.79 Å². The summed E-state index contributed by atoms with van der Waals surface area (Å²) in [5.74, 6) is 0.716. The second-order valence-electron chi connectivity index (χ2n) is 3.61. The average Bonchev–Trinajstić information content (AvgIpc) is 2.74. The van der Waals surface area contributed by atoms with Gasteiger partial charge in [-0.05, 0) is 12.5 Å². The van der Waals surface area contributed by atoms with Crippen LogP contribution in [0.4, 0.5) is 10.1 Å². The second-order valence-corrected chi connectivity index (χ2v) is 3.61. The van der Waals surface area contributed by atoms with Gasteiger partial charge in [0, 0.05) is 6.04 Å². The Morgan fingerprint density at radius 1 is 1.47 bits per heavy atom. The zero-order valence-electron chi connectivity index (χ0n) is 8.89. The van der Waals surface area contributed by atoms with Crippen molar-refractivity contribution in [1.82, 2.24) is 0 Å². The number of nitro groups is 1. The number of ether oxygens (including phenoxy) is 2. The summed E-state index contributed by atoms with van der Waals surface area (Å²) in [6.45, 7) is -0.610. The molecule has 1 atom stereocenters. The van der Waals surface area contributed by atoms with Gasteiger partial charge < -0.3 is 15.2 Å². The van der Waals surface area contributed by atoms with E-state index >= 15 is 0 Å². The summed E-state index contributed by atoms with van der Waals surface area (Å²) in [6, 6.07) is 1.98. The van der Waals surface area contributed by atoms with Crippen LogP contribution in [0.3, 0.4) is 0 Å². The van der Waals surface area contributed by atoms with Gasteiger partial charge >= 0.3 is 0 Å². The van der Waals surface area contributed by atoms with Gasteiger partial charge in [0.1, 0.15) is 0 Å². The standard InChI is InChI=1S/C10H11FN2O4/c11-2-1-7(12)6-3-9-10(17-5-16-9)4-8(6)13(14)15/h3-4,7H,1-2,5,12H2/t7-/m0/s1. The third-order valence-corrected chi connectivity index (χ3v) is 2.54. The minimum absolute atomic E-state index is 0.0221. The van der Waals surface area contributed by atoms with E-state index in [2.05, 4.69) is 0 Å². The van der Waals surface area contributed by atoms with Gasteiger partial charge in [-0.1, -0.05) is 0 Å². The highest BCUT2D eigenvalue weighted by Gasteiger charge is 2.26. The molecule has 1 aliphatic rings. The van der Waals surface area contributed by atoms with Crippen LogP contribution in [0, 0.1) is 10.1 Å². The summed E-state index contributed by atoms with van der Waals surface area (Å²) in [5.41, 5.74) is 5.79. The Hall–Kier alpha value is -1.89. The lowest BCUT2D eigenvalue weighted by atomic mass is 10.0. The molecule has 0 bridgehead atoms. The fourth-order valence-electron chi connectivity index (χ4n) is 1.68. The van der Waals surface area contributed by atoms with E-state index < -0.39 is 17.6 Å². The Kier molecular flexibility index (Phi) is 3.10. The second kappa shape index (κ2) is 4.54. The van der Waals surface area contributed by atoms with Crippen molar-refractivity contribution in [1.29, 1.82) is 0 Å². The van der Waals surface area contributed by atoms with Gasteiger partial charge in [-0.15, -0.1) is 0 Å². The molecule has 1 aromatic rings. The maximum atomic E-state index is 12.2. The molecular weight excluding hydrogens is 231 g/mol. The zero-order valence-corrected chi connectivity index (χ0v) is 8.89. The van der Waals surface area contributed by atoms with Crippen molar-refractivity contribution < 1.29 is 18.8 Å². The van der Waals surface area contributed by atoms with Crippen molar-refractivity contribution in [2.24, 2.45) is 5.73 Å². The van der Waals surface area contributed by atoms with Crippen LogP contribution in [0.1, 0.15) is 18.0 Å². The van der Waals surface area contributed by atoms with Gasteiger partial charge in [0.05, 0.1) is 23.2 Å². The first-order chi connectivity index (χ1) is 8.13. The lowest BCUT2D eigenvalue weighted by Gasteiger charge is -2.11. The number of nitrogens with zero attached hydrogens (tertiary/aromatic N) is 1. The van der Waals surface area contributed by atoms with E-state index in [-0.39, 0.29) is 24.5 Å². The number of rotatable bonds is 4. The number of benzene rings is 1. The van der Waals surface area contributed by atoms with E-state index in [0.717, 1.165) is 0 Å². The largest absolute Gasteiger partial charge is 0.454 e. The summed E-state index contributed by atoms with van der Waals surface area (Å²) < 4.78 is 22.4. The molecule has 1 heterocycles. The molecule has 0 radical (unpaired) electrons. The van der Waals surface area contributed by atoms with E-state index in [9.17, 15) is 14.5 Å². The Balaban J connectivity index is 2.45. The van der Waals surface area contributed by atoms with E-state index in [1.165, 1.54) is 12.1 Å². The molecule has 0 spiro atoms. The summed E-state index contributed by atoms with van der Waals surface area (Å²) in [6.07, 6.45) is 0.0283. The summed E-state index contributed by atoms with van der Waals surface area (Å²) in [7, 11) is 0. The molecule has 17 heavy (non-hydrogen) atoms. The van der Waals surface area contributed by atoms with Crippen LogP contribution in [0.25, 0.3) is 0 Å². The average molecular weight is 242 g/mol.